The molecule has 0 fully saturated rings. The molecular formula is C12H15N3O4. The van der Waals surface area contributed by atoms with Crippen molar-refractivity contribution in [3.63, 3.8) is 0 Å². The molecule has 0 saturated heterocycles. The molecule has 102 valence electrons. The Morgan fingerprint density at radius 2 is 1.74 bits per heavy atom. The third-order valence-electron chi connectivity index (χ3n) is 2.39. The molecule has 0 aliphatic heterocycles. The number of nitro benzene ring substituents is 1. The summed E-state index contributed by atoms with van der Waals surface area (Å²) in [6, 6.07) is 5.32. The molecular weight excluding hydrogens is 250 g/mol. The minimum Gasteiger partial charge on any atom is -0.354 e. The lowest BCUT2D eigenvalue weighted by molar-refractivity contribution is -0.384. The van der Waals surface area contributed by atoms with Crippen molar-refractivity contribution in [1.29, 1.82) is 0 Å². The van der Waals surface area contributed by atoms with Crippen molar-refractivity contribution < 1.29 is 14.5 Å². The average Bonchev–Trinajstić information content (AvgIpc) is 2.43. The predicted octanol–water partition coefficient (Wildman–Crippen LogP) is 0.851. The number of nitrogens with one attached hydrogen (secondary N) is 2. The van der Waals surface area contributed by atoms with E-state index in [1.54, 1.807) is 6.92 Å². The van der Waals surface area contributed by atoms with Crippen LogP contribution in [0, 0.1) is 10.1 Å². The molecule has 0 aliphatic rings. The number of hydrogen-bond donors (Lipinski definition) is 2. The maximum Gasteiger partial charge on any atom is 0.269 e. The number of benzene rings is 1. The molecule has 1 rings (SSSR count). The van der Waals surface area contributed by atoms with Gasteiger partial charge in [0.1, 0.15) is 0 Å². The van der Waals surface area contributed by atoms with Crippen LogP contribution in [0.4, 0.5) is 5.69 Å². The highest BCUT2D eigenvalue weighted by atomic mass is 16.6. The quantitative estimate of drug-likeness (QED) is 0.452. The molecule has 0 aliphatic carbocycles. The van der Waals surface area contributed by atoms with Gasteiger partial charge in [-0.25, -0.2) is 0 Å². The molecule has 19 heavy (non-hydrogen) atoms. The molecule has 0 bridgehead atoms. The summed E-state index contributed by atoms with van der Waals surface area (Å²) in [6.45, 7) is 2.40. The zero-order chi connectivity index (χ0) is 14.3. The van der Waals surface area contributed by atoms with Crippen molar-refractivity contribution in [2.24, 2.45) is 0 Å². The van der Waals surface area contributed by atoms with Gasteiger partial charge in [-0.15, -0.1) is 0 Å². The fourth-order valence-corrected chi connectivity index (χ4v) is 1.34. The van der Waals surface area contributed by atoms with Crippen molar-refractivity contribution in [1.82, 2.24) is 10.6 Å². The fraction of sp³-hybridized carbons (Fsp3) is 0.333. The highest BCUT2D eigenvalue weighted by Gasteiger charge is 2.08. The summed E-state index contributed by atoms with van der Waals surface area (Å²) in [6.07, 6.45) is 0.399. The molecule has 0 radical (unpaired) electrons. The van der Waals surface area contributed by atoms with E-state index in [-0.39, 0.29) is 17.5 Å². The van der Waals surface area contributed by atoms with Gasteiger partial charge in [-0.05, 0) is 12.1 Å². The van der Waals surface area contributed by atoms with Crippen LogP contribution in [0.1, 0.15) is 23.7 Å². The minimum atomic E-state index is -0.526. The van der Waals surface area contributed by atoms with Crippen LogP contribution in [0.15, 0.2) is 24.3 Å². The van der Waals surface area contributed by atoms with Crippen LogP contribution in [0.3, 0.4) is 0 Å². The van der Waals surface area contributed by atoms with Gasteiger partial charge in [-0.1, -0.05) is 6.92 Å². The molecule has 7 nitrogen and oxygen atoms in total. The highest BCUT2D eigenvalue weighted by molar-refractivity contribution is 5.94. The number of non-ortho nitro benzene ring substituents is 1. The molecule has 0 atom stereocenters. The van der Waals surface area contributed by atoms with Crippen LogP contribution in [0.5, 0.6) is 0 Å². The van der Waals surface area contributed by atoms with Crippen molar-refractivity contribution in [2.45, 2.75) is 13.3 Å². The van der Waals surface area contributed by atoms with E-state index >= 15 is 0 Å². The number of carbonyl (C=O) groups excluding carboxylic acids is 2. The molecule has 0 heterocycles. The summed E-state index contributed by atoms with van der Waals surface area (Å²) in [4.78, 5) is 32.5. The molecule has 1 aromatic rings. The second kappa shape index (κ2) is 7.10. The van der Waals surface area contributed by atoms with Crippen molar-refractivity contribution in [2.75, 3.05) is 13.1 Å². The summed E-state index contributed by atoms with van der Waals surface area (Å²) in [5, 5.41) is 15.7. The Morgan fingerprint density at radius 3 is 2.26 bits per heavy atom. The van der Waals surface area contributed by atoms with Crippen molar-refractivity contribution in [3.8, 4) is 0 Å². The third kappa shape index (κ3) is 4.74. The van der Waals surface area contributed by atoms with E-state index in [4.69, 9.17) is 0 Å². The molecule has 2 N–H and O–H groups in total. The number of nitrogens with zero attached hydrogens (tertiary/aromatic N) is 1. The normalized spacial score (nSPS) is 9.74. The molecule has 1 aromatic carbocycles. The average molecular weight is 265 g/mol. The van der Waals surface area contributed by atoms with Crippen molar-refractivity contribution in [3.05, 3.63) is 39.9 Å². The van der Waals surface area contributed by atoms with Gasteiger partial charge in [0.2, 0.25) is 5.91 Å². The van der Waals surface area contributed by atoms with E-state index in [0.717, 1.165) is 0 Å². The first kappa shape index (κ1) is 14.6. The lowest BCUT2D eigenvalue weighted by Gasteiger charge is -2.06. The smallest absolute Gasteiger partial charge is 0.269 e. The van der Waals surface area contributed by atoms with Gasteiger partial charge in [0.05, 0.1) is 4.92 Å². The van der Waals surface area contributed by atoms with E-state index in [2.05, 4.69) is 10.6 Å². The molecule has 7 heteroatoms. The Labute approximate surface area is 110 Å². The molecule has 0 spiro atoms. The van der Waals surface area contributed by atoms with Crippen LogP contribution in [-0.2, 0) is 4.79 Å². The van der Waals surface area contributed by atoms with Crippen LogP contribution in [-0.4, -0.2) is 29.8 Å². The number of rotatable bonds is 6. The Bertz CT molecular complexity index is 470. The minimum absolute atomic E-state index is 0.0632. The summed E-state index contributed by atoms with van der Waals surface area (Å²) in [5.41, 5.74) is 0.277. The number of amides is 2. The van der Waals surface area contributed by atoms with Crippen molar-refractivity contribution >= 4 is 17.5 Å². The lowest BCUT2D eigenvalue weighted by atomic mass is 10.2. The van der Waals surface area contributed by atoms with E-state index in [9.17, 15) is 19.7 Å². The van der Waals surface area contributed by atoms with Crippen LogP contribution in [0.2, 0.25) is 0 Å². The Balaban J connectivity index is 2.41. The zero-order valence-corrected chi connectivity index (χ0v) is 10.5. The van der Waals surface area contributed by atoms with E-state index in [1.165, 1.54) is 24.3 Å². The molecule has 2 amide bonds. The molecule has 0 saturated carbocycles. The molecule has 0 unspecified atom stereocenters. The number of hydrogen-bond acceptors (Lipinski definition) is 4. The second-order valence-electron chi connectivity index (χ2n) is 3.76. The van der Waals surface area contributed by atoms with Gasteiger partial charge in [0.15, 0.2) is 0 Å². The standard InChI is InChI=1S/C12H15N3O4/c1-2-11(16)13-7-8-14-12(17)9-3-5-10(6-4-9)15(18)19/h3-6H,2,7-8H2,1H3,(H,13,16)(H,14,17). The summed E-state index contributed by atoms with van der Waals surface area (Å²) in [5.74, 6) is -0.412. The van der Waals surface area contributed by atoms with Crippen LogP contribution in [0.25, 0.3) is 0 Å². The molecule has 0 aromatic heterocycles. The van der Waals surface area contributed by atoms with E-state index < -0.39 is 4.92 Å². The third-order valence-corrected chi connectivity index (χ3v) is 2.39. The number of nitro groups is 1. The SMILES string of the molecule is CCC(=O)NCCNC(=O)c1ccc([N+](=O)[O-])cc1. The first-order valence-electron chi connectivity index (χ1n) is 5.84. The monoisotopic (exact) mass is 265 g/mol. The maximum atomic E-state index is 11.6. The van der Waals surface area contributed by atoms with Gasteiger partial charge < -0.3 is 10.6 Å². The van der Waals surface area contributed by atoms with Gasteiger partial charge in [-0.3, -0.25) is 19.7 Å². The predicted molar refractivity (Wildman–Crippen MR) is 68.7 cm³/mol. The van der Waals surface area contributed by atoms with E-state index in [0.29, 0.717) is 25.1 Å². The largest absolute Gasteiger partial charge is 0.354 e. The highest BCUT2D eigenvalue weighted by Crippen LogP contribution is 2.11. The van der Waals surface area contributed by atoms with Gasteiger partial charge >= 0.3 is 0 Å². The first-order valence-corrected chi connectivity index (χ1v) is 5.84. The van der Waals surface area contributed by atoms with Crippen LogP contribution >= 0.6 is 0 Å². The first-order chi connectivity index (χ1) is 9.04. The fourth-order valence-electron chi connectivity index (χ4n) is 1.34. The van der Waals surface area contributed by atoms with E-state index in [1.807, 2.05) is 0 Å². The van der Waals surface area contributed by atoms with Crippen LogP contribution < -0.4 is 10.6 Å². The summed E-state index contributed by atoms with van der Waals surface area (Å²) >= 11 is 0. The Morgan fingerprint density at radius 1 is 1.16 bits per heavy atom. The summed E-state index contributed by atoms with van der Waals surface area (Å²) < 4.78 is 0. The second-order valence-corrected chi connectivity index (χ2v) is 3.76. The van der Waals surface area contributed by atoms with Gasteiger partial charge in [0, 0.05) is 37.2 Å². The zero-order valence-electron chi connectivity index (χ0n) is 10.5. The lowest BCUT2D eigenvalue weighted by Crippen LogP contribution is -2.34. The Hall–Kier alpha value is -2.44. The van der Waals surface area contributed by atoms with Gasteiger partial charge in [0.25, 0.3) is 11.6 Å². The topological polar surface area (TPSA) is 101 Å². The van der Waals surface area contributed by atoms with Gasteiger partial charge in [-0.2, -0.15) is 0 Å². The Kier molecular flexibility index (Phi) is 5.46. The summed E-state index contributed by atoms with van der Waals surface area (Å²) in [7, 11) is 0. The maximum absolute atomic E-state index is 11.6. The number of carbonyl (C=O) groups is 2.